The number of aryl methyl sites for hydroxylation is 1. The van der Waals surface area contributed by atoms with E-state index in [1.54, 1.807) is 0 Å². The van der Waals surface area contributed by atoms with Crippen LogP contribution in [-0.4, -0.2) is 16.1 Å². The quantitative estimate of drug-likeness (QED) is 0.772. The smallest absolute Gasteiger partial charge is 0.172 e. The van der Waals surface area contributed by atoms with Crippen LogP contribution in [0.5, 0.6) is 0 Å². The van der Waals surface area contributed by atoms with Gasteiger partial charge in [0.25, 0.3) is 0 Å². The van der Waals surface area contributed by atoms with E-state index in [2.05, 4.69) is 29.5 Å². The monoisotopic (exact) mass is 223 g/mol. The van der Waals surface area contributed by atoms with E-state index in [0.717, 1.165) is 17.8 Å². The number of anilines is 1. The van der Waals surface area contributed by atoms with Crippen molar-refractivity contribution in [1.29, 1.82) is 0 Å². The molecule has 0 aliphatic carbocycles. The third-order valence-corrected chi connectivity index (χ3v) is 2.36. The summed E-state index contributed by atoms with van der Waals surface area (Å²) < 4.78 is 0. The molecule has 0 aliphatic rings. The fraction of sp³-hybridized carbons (Fsp3) is 0.455. The molecule has 1 aromatic rings. The maximum atomic E-state index is 5.15. The van der Waals surface area contributed by atoms with Gasteiger partial charge in [0.2, 0.25) is 0 Å². The first-order valence-corrected chi connectivity index (χ1v) is 5.52. The Morgan fingerprint density at radius 1 is 1.53 bits per heavy atom. The van der Waals surface area contributed by atoms with E-state index in [0.29, 0.717) is 11.2 Å². The summed E-state index contributed by atoms with van der Waals surface area (Å²) in [5, 5.41) is 6.84. The second kappa shape index (κ2) is 5.66. The van der Waals surface area contributed by atoms with Gasteiger partial charge in [-0.25, -0.2) is 4.98 Å². The second-order valence-corrected chi connectivity index (χ2v) is 4.04. The number of aromatic nitrogens is 1. The number of hydrogen-bond acceptors (Lipinski definition) is 2. The fourth-order valence-corrected chi connectivity index (χ4v) is 1.33. The van der Waals surface area contributed by atoms with Crippen LogP contribution in [-0.2, 0) is 0 Å². The zero-order valence-electron chi connectivity index (χ0n) is 9.37. The van der Waals surface area contributed by atoms with Gasteiger partial charge >= 0.3 is 0 Å². The molecule has 0 saturated heterocycles. The van der Waals surface area contributed by atoms with Gasteiger partial charge in [-0.1, -0.05) is 13.0 Å². The third-order valence-electron chi connectivity index (χ3n) is 2.14. The zero-order chi connectivity index (χ0) is 11.3. The summed E-state index contributed by atoms with van der Waals surface area (Å²) in [7, 11) is 0. The van der Waals surface area contributed by atoms with Gasteiger partial charge in [-0.3, -0.25) is 0 Å². The van der Waals surface area contributed by atoms with Crippen LogP contribution in [0.1, 0.15) is 25.8 Å². The van der Waals surface area contributed by atoms with E-state index in [1.807, 2.05) is 25.3 Å². The van der Waals surface area contributed by atoms with Gasteiger partial charge in [0.15, 0.2) is 5.11 Å². The molecule has 0 radical (unpaired) electrons. The van der Waals surface area contributed by atoms with E-state index in [-0.39, 0.29) is 0 Å². The Morgan fingerprint density at radius 2 is 2.27 bits per heavy atom. The van der Waals surface area contributed by atoms with Gasteiger partial charge in [0.1, 0.15) is 5.82 Å². The highest BCUT2D eigenvalue weighted by Gasteiger charge is 2.01. The summed E-state index contributed by atoms with van der Waals surface area (Å²) in [5.74, 6) is 0.779. The van der Waals surface area contributed by atoms with Gasteiger partial charge in [0.05, 0.1) is 0 Å². The van der Waals surface area contributed by atoms with E-state index < -0.39 is 0 Å². The molecule has 0 unspecified atom stereocenters. The number of nitrogens with one attached hydrogen (secondary N) is 2. The van der Waals surface area contributed by atoms with Crippen molar-refractivity contribution in [3.8, 4) is 0 Å². The van der Waals surface area contributed by atoms with Gasteiger partial charge in [-0.2, -0.15) is 0 Å². The molecule has 0 saturated carbocycles. The molecule has 0 aromatic carbocycles. The fourth-order valence-electron chi connectivity index (χ4n) is 1.02. The van der Waals surface area contributed by atoms with Crippen LogP contribution in [0.2, 0.25) is 0 Å². The van der Waals surface area contributed by atoms with Gasteiger partial charge in [0, 0.05) is 12.2 Å². The summed E-state index contributed by atoms with van der Waals surface area (Å²) in [4.78, 5) is 4.21. The Balaban J connectivity index is 2.48. The van der Waals surface area contributed by atoms with Crippen molar-refractivity contribution in [1.82, 2.24) is 10.3 Å². The molecule has 1 atom stereocenters. The van der Waals surface area contributed by atoms with Crippen molar-refractivity contribution in [2.75, 3.05) is 5.32 Å². The van der Waals surface area contributed by atoms with Crippen molar-refractivity contribution in [2.24, 2.45) is 0 Å². The van der Waals surface area contributed by atoms with E-state index in [1.165, 1.54) is 0 Å². The molecule has 82 valence electrons. The highest BCUT2D eigenvalue weighted by Crippen LogP contribution is 2.03. The summed E-state index contributed by atoms with van der Waals surface area (Å²) in [6, 6.07) is 4.30. The topological polar surface area (TPSA) is 37.0 Å². The standard InChI is InChI=1S/C11H17N3S/c1-4-9(3)13-11(15)14-10-6-5-8(2)7-12-10/h5-7,9H,4H2,1-3H3,(H2,12,13,14,15)/t9-/m0/s1. The third kappa shape index (κ3) is 4.25. The number of nitrogens with zero attached hydrogens (tertiary/aromatic N) is 1. The first-order valence-electron chi connectivity index (χ1n) is 5.12. The molecule has 4 heteroatoms. The predicted molar refractivity (Wildman–Crippen MR) is 68.1 cm³/mol. The predicted octanol–water partition coefficient (Wildman–Crippen LogP) is 2.47. The second-order valence-electron chi connectivity index (χ2n) is 3.63. The summed E-state index contributed by atoms with van der Waals surface area (Å²) in [5.41, 5.74) is 1.14. The van der Waals surface area contributed by atoms with Crippen LogP contribution in [0, 0.1) is 6.92 Å². The minimum absolute atomic E-state index is 0.385. The minimum atomic E-state index is 0.385. The Kier molecular flexibility index (Phi) is 4.49. The lowest BCUT2D eigenvalue weighted by atomic mass is 10.3. The lowest BCUT2D eigenvalue weighted by Gasteiger charge is -2.14. The normalized spacial score (nSPS) is 11.9. The maximum absolute atomic E-state index is 5.15. The molecule has 0 spiro atoms. The molecule has 2 N–H and O–H groups in total. The Bertz CT molecular complexity index is 321. The summed E-state index contributed by atoms with van der Waals surface area (Å²) in [6.45, 7) is 6.22. The molecular weight excluding hydrogens is 206 g/mol. The van der Waals surface area contributed by atoms with Crippen molar-refractivity contribution in [3.63, 3.8) is 0 Å². The molecule has 0 amide bonds. The van der Waals surface area contributed by atoms with Gasteiger partial charge in [-0.05, 0) is 44.1 Å². The number of rotatable bonds is 3. The highest BCUT2D eigenvalue weighted by atomic mass is 32.1. The van der Waals surface area contributed by atoms with Crippen molar-refractivity contribution >= 4 is 23.1 Å². The zero-order valence-corrected chi connectivity index (χ0v) is 10.2. The van der Waals surface area contributed by atoms with Crippen LogP contribution in [0.15, 0.2) is 18.3 Å². The Hall–Kier alpha value is -1.16. The van der Waals surface area contributed by atoms with Crippen LogP contribution in [0.4, 0.5) is 5.82 Å². The first kappa shape index (κ1) is 11.9. The molecule has 0 bridgehead atoms. The molecule has 1 rings (SSSR count). The van der Waals surface area contributed by atoms with Crippen LogP contribution in [0.25, 0.3) is 0 Å². The summed E-state index contributed by atoms with van der Waals surface area (Å²) >= 11 is 5.15. The van der Waals surface area contributed by atoms with Crippen LogP contribution >= 0.6 is 12.2 Å². The lowest BCUT2D eigenvalue weighted by molar-refractivity contribution is 0.646. The average molecular weight is 223 g/mol. The van der Waals surface area contributed by atoms with Gasteiger partial charge < -0.3 is 10.6 Å². The highest BCUT2D eigenvalue weighted by molar-refractivity contribution is 7.80. The molecule has 15 heavy (non-hydrogen) atoms. The molecule has 1 aromatic heterocycles. The maximum Gasteiger partial charge on any atom is 0.172 e. The van der Waals surface area contributed by atoms with Crippen molar-refractivity contribution in [3.05, 3.63) is 23.9 Å². The molecular formula is C11H17N3S. The summed E-state index contributed by atoms with van der Waals surface area (Å²) in [6.07, 6.45) is 2.86. The largest absolute Gasteiger partial charge is 0.360 e. The lowest BCUT2D eigenvalue weighted by Crippen LogP contribution is -2.35. The van der Waals surface area contributed by atoms with Crippen molar-refractivity contribution < 1.29 is 0 Å². The first-order chi connectivity index (χ1) is 7.11. The SMILES string of the molecule is CC[C@H](C)NC(=S)Nc1ccc(C)cn1. The average Bonchev–Trinajstić information content (AvgIpc) is 2.21. The van der Waals surface area contributed by atoms with E-state index in [4.69, 9.17) is 12.2 Å². The Labute approximate surface area is 96.3 Å². The molecule has 0 fully saturated rings. The molecule has 1 heterocycles. The number of thiocarbonyl (C=S) groups is 1. The van der Waals surface area contributed by atoms with Crippen LogP contribution in [0.3, 0.4) is 0 Å². The van der Waals surface area contributed by atoms with E-state index in [9.17, 15) is 0 Å². The Morgan fingerprint density at radius 3 is 2.80 bits per heavy atom. The number of pyridine rings is 1. The van der Waals surface area contributed by atoms with Crippen LogP contribution < -0.4 is 10.6 Å². The van der Waals surface area contributed by atoms with Gasteiger partial charge in [-0.15, -0.1) is 0 Å². The number of hydrogen-bond donors (Lipinski definition) is 2. The van der Waals surface area contributed by atoms with Crippen molar-refractivity contribution in [2.45, 2.75) is 33.2 Å². The van der Waals surface area contributed by atoms with E-state index >= 15 is 0 Å². The molecule has 3 nitrogen and oxygen atoms in total. The minimum Gasteiger partial charge on any atom is -0.360 e. The molecule has 0 aliphatic heterocycles.